The molecule has 0 spiro atoms. The minimum atomic E-state index is 0.721. The van der Waals surface area contributed by atoms with E-state index in [4.69, 9.17) is 0 Å². The van der Waals surface area contributed by atoms with Crippen molar-refractivity contribution in [3.05, 3.63) is 17.8 Å². The molecule has 0 aliphatic rings. The molecule has 0 atom stereocenters. The highest BCUT2D eigenvalue weighted by Gasteiger charge is 2.04. The highest BCUT2D eigenvalue weighted by Crippen LogP contribution is 2.10. The molecular formula is C13H24N4. The van der Waals surface area contributed by atoms with Crippen molar-refractivity contribution in [3.8, 4) is 0 Å². The van der Waals surface area contributed by atoms with Gasteiger partial charge in [0.25, 0.3) is 0 Å². The second-order valence-corrected chi connectivity index (χ2v) is 4.77. The molecule has 4 heteroatoms. The maximum Gasteiger partial charge on any atom is 0.150 e. The van der Waals surface area contributed by atoms with Crippen LogP contribution in [-0.4, -0.2) is 30.3 Å². The number of nitrogens with one attached hydrogen (secondary N) is 1. The minimum Gasteiger partial charge on any atom is -0.358 e. The van der Waals surface area contributed by atoms with E-state index in [1.165, 1.54) is 6.42 Å². The molecule has 1 aromatic heterocycles. The first kappa shape index (κ1) is 13.9. The second-order valence-electron chi connectivity index (χ2n) is 4.77. The summed E-state index contributed by atoms with van der Waals surface area (Å²) in [5.41, 5.74) is 0.993. The third kappa shape index (κ3) is 5.13. The fourth-order valence-electron chi connectivity index (χ4n) is 1.47. The molecule has 1 rings (SSSR count). The van der Waals surface area contributed by atoms with Gasteiger partial charge in [-0.2, -0.15) is 5.10 Å². The molecule has 4 nitrogen and oxygen atoms in total. The molecule has 0 bridgehead atoms. The molecule has 0 saturated heterocycles. The van der Waals surface area contributed by atoms with Crippen LogP contribution in [0.25, 0.3) is 0 Å². The molecule has 0 saturated carbocycles. The van der Waals surface area contributed by atoms with Gasteiger partial charge in [-0.1, -0.05) is 20.8 Å². The summed E-state index contributed by atoms with van der Waals surface area (Å²) in [7, 11) is 2.07. The van der Waals surface area contributed by atoms with Crippen molar-refractivity contribution in [3.63, 3.8) is 0 Å². The van der Waals surface area contributed by atoms with Gasteiger partial charge in [-0.25, -0.2) is 0 Å². The highest BCUT2D eigenvalue weighted by molar-refractivity contribution is 5.35. The first-order valence-corrected chi connectivity index (χ1v) is 6.38. The molecule has 96 valence electrons. The molecule has 17 heavy (non-hydrogen) atoms. The summed E-state index contributed by atoms with van der Waals surface area (Å²) < 4.78 is 0. The van der Waals surface area contributed by atoms with Crippen LogP contribution in [0, 0.1) is 5.92 Å². The second kappa shape index (κ2) is 7.22. The molecular weight excluding hydrogens is 212 g/mol. The lowest BCUT2D eigenvalue weighted by Crippen LogP contribution is -2.22. The summed E-state index contributed by atoms with van der Waals surface area (Å²) in [5, 5.41) is 11.7. The van der Waals surface area contributed by atoms with Gasteiger partial charge >= 0.3 is 0 Å². The Morgan fingerprint density at radius 3 is 2.59 bits per heavy atom. The van der Waals surface area contributed by atoms with Crippen molar-refractivity contribution >= 4 is 5.82 Å². The van der Waals surface area contributed by atoms with E-state index in [1.54, 1.807) is 0 Å². The third-order valence-corrected chi connectivity index (χ3v) is 2.69. The van der Waals surface area contributed by atoms with E-state index in [2.05, 4.69) is 48.2 Å². The molecule has 0 aliphatic carbocycles. The number of rotatable bonds is 7. The number of hydrogen-bond acceptors (Lipinski definition) is 4. The zero-order chi connectivity index (χ0) is 12.7. The molecule has 0 radical (unpaired) electrons. The van der Waals surface area contributed by atoms with Crippen molar-refractivity contribution in [2.24, 2.45) is 5.92 Å². The first-order valence-electron chi connectivity index (χ1n) is 6.38. The number of anilines is 1. The predicted molar refractivity (Wildman–Crippen MR) is 72.1 cm³/mol. The van der Waals surface area contributed by atoms with E-state index < -0.39 is 0 Å². The van der Waals surface area contributed by atoms with Gasteiger partial charge in [0.2, 0.25) is 0 Å². The fraction of sp³-hybridized carbons (Fsp3) is 0.692. The Bertz CT molecular complexity index is 308. The summed E-state index contributed by atoms with van der Waals surface area (Å²) in [5.74, 6) is 1.67. The van der Waals surface area contributed by atoms with Crippen LogP contribution in [-0.2, 0) is 6.54 Å². The number of hydrogen-bond donors (Lipinski definition) is 1. The molecule has 1 heterocycles. The Kier molecular flexibility index (Phi) is 5.91. The van der Waals surface area contributed by atoms with Crippen LogP contribution in [0.2, 0.25) is 0 Å². The van der Waals surface area contributed by atoms with E-state index in [1.807, 2.05) is 12.1 Å². The monoisotopic (exact) mass is 236 g/mol. The van der Waals surface area contributed by atoms with Crippen LogP contribution in [0.1, 0.15) is 32.9 Å². The average molecular weight is 236 g/mol. The minimum absolute atomic E-state index is 0.721. The Balaban J connectivity index is 2.48. The summed E-state index contributed by atoms with van der Waals surface area (Å²) >= 11 is 0. The van der Waals surface area contributed by atoms with Crippen LogP contribution in [0.15, 0.2) is 12.1 Å². The topological polar surface area (TPSA) is 41.0 Å². The normalized spacial score (nSPS) is 10.9. The van der Waals surface area contributed by atoms with E-state index in [0.29, 0.717) is 0 Å². The van der Waals surface area contributed by atoms with Crippen molar-refractivity contribution in [1.29, 1.82) is 0 Å². The first-order chi connectivity index (χ1) is 8.13. The van der Waals surface area contributed by atoms with Crippen molar-refractivity contribution < 1.29 is 0 Å². The van der Waals surface area contributed by atoms with Gasteiger partial charge in [-0.05, 0) is 31.0 Å². The summed E-state index contributed by atoms with van der Waals surface area (Å²) in [6.07, 6.45) is 1.18. The van der Waals surface area contributed by atoms with Gasteiger partial charge in [-0.3, -0.25) is 0 Å². The van der Waals surface area contributed by atoms with E-state index in [-0.39, 0.29) is 0 Å². The SMILES string of the molecule is CCNCc1ccc(N(C)CCC(C)C)nn1. The Labute approximate surface area is 104 Å². The lowest BCUT2D eigenvalue weighted by Gasteiger charge is -2.18. The van der Waals surface area contributed by atoms with E-state index in [0.717, 1.165) is 37.1 Å². The maximum absolute atomic E-state index is 4.25. The summed E-state index contributed by atoms with van der Waals surface area (Å²) in [4.78, 5) is 2.16. The van der Waals surface area contributed by atoms with Gasteiger partial charge in [0.05, 0.1) is 5.69 Å². The molecule has 0 aromatic carbocycles. The largest absolute Gasteiger partial charge is 0.358 e. The summed E-state index contributed by atoms with van der Waals surface area (Å²) in [6.45, 7) is 9.33. The van der Waals surface area contributed by atoms with Crippen LogP contribution in [0.3, 0.4) is 0 Å². The quantitative estimate of drug-likeness (QED) is 0.787. The van der Waals surface area contributed by atoms with Gasteiger partial charge in [0.15, 0.2) is 5.82 Å². The van der Waals surface area contributed by atoms with E-state index in [9.17, 15) is 0 Å². The Hall–Kier alpha value is -1.16. The van der Waals surface area contributed by atoms with E-state index >= 15 is 0 Å². The zero-order valence-electron chi connectivity index (χ0n) is 11.4. The van der Waals surface area contributed by atoms with Crippen molar-refractivity contribution in [2.45, 2.75) is 33.7 Å². The molecule has 1 N–H and O–H groups in total. The standard InChI is InChI=1S/C13H24N4/c1-5-14-10-12-6-7-13(16-15-12)17(4)9-8-11(2)3/h6-7,11,14H,5,8-10H2,1-4H3. The van der Waals surface area contributed by atoms with Crippen LogP contribution in [0.4, 0.5) is 5.82 Å². The Morgan fingerprint density at radius 1 is 1.29 bits per heavy atom. The van der Waals surface area contributed by atoms with Crippen LogP contribution in [0.5, 0.6) is 0 Å². The Morgan fingerprint density at radius 2 is 2.06 bits per heavy atom. The zero-order valence-corrected chi connectivity index (χ0v) is 11.4. The van der Waals surface area contributed by atoms with Gasteiger partial charge in [0.1, 0.15) is 0 Å². The predicted octanol–water partition coefficient (Wildman–Crippen LogP) is 2.07. The van der Waals surface area contributed by atoms with Gasteiger partial charge in [-0.15, -0.1) is 5.10 Å². The average Bonchev–Trinajstić information content (AvgIpc) is 2.34. The summed E-state index contributed by atoms with van der Waals surface area (Å²) in [6, 6.07) is 4.08. The third-order valence-electron chi connectivity index (χ3n) is 2.69. The molecule has 0 amide bonds. The van der Waals surface area contributed by atoms with Crippen LogP contribution >= 0.6 is 0 Å². The maximum atomic E-state index is 4.25. The lowest BCUT2D eigenvalue weighted by atomic mass is 10.1. The molecule has 0 aliphatic heterocycles. The number of nitrogens with zero attached hydrogens (tertiary/aromatic N) is 3. The van der Waals surface area contributed by atoms with Gasteiger partial charge in [0, 0.05) is 20.1 Å². The van der Waals surface area contributed by atoms with Crippen LogP contribution < -0.4 is 10.2 Å². The number of aromatic nitrogens is 2. The van der Waals surface area contributed by atoms with Gasteiger partial charge < -0.3 is 10.2 Å². The lowest BCUT2D eigenvalue weighted by molar-refractivity contribution is 0.582. The fourth-order valence-corrected chi connectivity index (χ4v) is 1.47. The smallest absolute Gasteiger partial charge is 0.150 e. The highest BCUT2D eigenvalue weighted by atomic mass is 15.2. The molecule has 0 fully saturated rings. The van der Waals surface area contributed by atoms with Crippen molar-refractivity contribution in [2.75, 3.05) is 25.0 Å². The molecule has 1 aromatic rings. The van der Waals surface area contributed by atoms with Crippen molar-refractivity contribution in [1.82, 2.24) is 15.5 Å². The molecule has 0 unspecified atom stereocenters.